The molecule has 1 aliphatic rings. The van der Waals surface area contributed by atoms with Crippen molar-refractivity contribution in [1.29, 1.82) is 0 Å². The van der Waals surface area contributed by atoms with E-state index in [0.717, 1.165) is 33.4 Å². The quantitative estimate of drug-likeness (QED) is 0.521. The Morgan fingerprint density at radius 1 is 1.28 bits per heavy atom. The van der Waals surface area contributed by atoms with Crippen molar-refractivity contribution in [2.75, 3.05) is 5.73 Å². The summed E-state index contributed by atoms with van der Waals surface area (Å²) in [5.41, 5.74) is 9.11. The normalized spacial score (nSPS) is 15.5. The molecule has 0 amide bonds. The molecule has 0 aliphatic heterocycles. The van der Waals surface area contributed by atoms with E-state index in [2.05, 4.69) is 31.0 Å². The average Bonchev–Trinajstić information content (AvgIpc) is 3.00. The number of carbonyl (C=O) groups is 1. The van der Waals surface area contributed by atoms with Gasteiger partial charge in [0.1, 0.15) is 10.4 Å². The number of nitrogens with one attached hydrogen (secondary N) is 1. The number of pyridine rings is 1. The molecule has 4 rings (SSSR count). The van der Waals surface area contributed by atoms with Gasteiger partial charge in [-0.15, -0.1) is 11.3 Å². The van der Waals surface area contributed by atoms with Gasteiger partial charge in [0.05, 0.1) is 5.69 Å². The largest absolute Gasteiger partial charge is 0.397 e. The Kier molecular flexibility index (Phi) is 4.75. The molecule has 0 fully saturated rings. The highest BCUT2D eigenvalue weighted by Gasteiger charge is 2.32. The summed E-state index contributed by atoms with van der Waals surface area (Å²) in [4.78, 5) is 29.0. The van der Waals surface area contributed by atoms with E-state index in [-0.39, 0.29) is 22.4 Å². The number of halogens is 1. The van der Waals surface area contributed by atoms with Crippen molar-refractivity contribution in [3.63, 3.8) is 0 Å². The first-order valence-corrected chi connectivity index (χ1v) is 10.5. The minimum absolute atomic E-state index is 0.0306. The Balaban J connectivity index is 1.91. The van der Waals surface area contributed by atoms with Crippen LogP contribution in [0.3, 0.4) is 0 Å². The molecule has 2 heterocycles. The van der Waals surface area contributed by atoms with Crippen molar-refractivity contribution in [2.24, 2.45) is 0 Å². The van der Waals surface area contributed by atoms with Gasteiger partial charge >= 0.3 is 0 Å². The second-order valence-corrected chi connectivity index (χ2v) is 9.41. The molecule has 0 radical (unpaired) electrons. The third-order valence-electron chi connectivity index (χ3n) is 5.26. The summed E-state index contributed by atoms with van der Waals surface area (Å²) in [5.74, 6) is -0.330. The van der Waals surface area contributed by atoms with Gasteiger partial charge in [0.25, 0.3) is 5.56 Å². The molecule has 3 aromatic rings. The first kappa shape index (κ1) is 19.7. The van der Waals surface area contributed by atoms with Crippen LogP contribution < -0.4 is 11.3 Å². The van der Waals surface area contributed by atoms with E-state index >= 15 is 0 Å². The molecule has 148 valence electrons. The monoisotopic (exact) mass is 424 g/mol. The van der Waals surface area contributed by atoms with Crippen LogP contribution in [0.1, 0.15) is 53.6 Å². The molecular weight excluding hydrogens is 404 g/mol. The van der Waals surface area contributed by atoms with E-state index in [9.17, 15) is 9.59 Å². The molecule has 0 unspecified atom stereocenters. The van der Waals surface area contributed by atoms with Gasteiger partial charge in [-0.2, -0.15) is 0 Å². The second kappa shape index (κ2) is 7.01. The molecule has 2 aromatic heterocycles. The van der Waals surface area contributed by atoms with Gasteiger partial charge in [-0.25, -0.2) is 0 Å². The van der Waals surface area contributed by atoms with Crippen molar-refractivity contribution in [3.8, 4) is 0 Å². The van der Waals surface area contributed by atoms with E-state index < -0.39 is 5.56 Å². The molecular formula is C23H21ClN2O2S. The lowest BCUT2D eigenvalue weighted by Gasteiger charge is -2.29. The fourth-order valence-electron chi connectivity index (χ4n) is 3.94. The van der Waals surface area contributed by atoms with Gasteiger partial charge in [-0.3, -0.25) is 9.59 Å². The van der Waals surface area contributed by atoms with Crippen LogP contribution >= 0.6 is 22.9 Å². The van der Waals surface area contributed by atoms with Gasteiger partial charge in [-0.1, -0.05) is 55.8 Å². The number of aromatic amines is 1. The van der Waals surface area contributed by atoms with Gasteiger partial charge in [-0.05, 0) is 36.6 Å². The maximum Gasteiger partial charge on any atom is 0.262 e. The molecule has 3 N–H and O–H groups in total. The Bertz CT molecular complexity index is 1280. The SMILES string of the molecule is CC(=O)c1c(N)c2c3c(sc2[nH]c1=O)C(C)(C)CC(/C=C/c1ccccc1Cl)=C3. The zero-order chi connectivity index (χ0) is 20.9. The number of Topliss-reactive ketones (excluding diaryl/α,β-unsaturated/α-hetero) is 1. The molecule has 0 saturated carbocycles. The lowest BCUT2D eigenvalue weighted by Crippen LogP contribution is -2.20. The fraction of sp³-hybridized carbons (Fsp3) is 0.217. The Labute approximate surface area is 177 Å². The van der Waals surface area contributed by atoms with E-state index in [1.165, 1.54) is 18.3 Å². The molecule has 0 bridgehead atoms. The van der Waals surface area contributed by atoms with Crippen molar-refractivity contribution < 1.29 is 4.79 Å². The minimum atomic E-state index is -0.429. The Morgan fingerprint density at radius 2 is 2.00 bits per heavy atom. The zero-order valence-electron chi connectivity index (χ0n) is 16.4. The summed E-state index contributed by atoms with van der Waals surface area (Å²) in [7, 11) is 0. The van der Waals surface area contributed by atoms with Gasteiger partial charge in [0.15, 0.2) is 5.78 Å². The van der Waals surface area contributed by atoms with Crippen LogP contribution in [0.15, 0.2) is 40.7 Å². The third kappa shape index (κ3) is 3.34. The first-order chi connectivity index (χ1) is 13.7. The Morgan fingerprint density at radius 3 is 2.69 bits per heavy atom. The van der Waals surface area contributed by atoms with Gasteiger partial charge in [0.2, 0.25) is 0 Å². The van der Waals surface area contributed by atoms with Crippen LogP contribution in [0.4, 0.5) is 5.69 Å². The lowest BCUT2D eigenvalue weighted by atomic mass is 9.77. The lowest BCUT2D eigenvalue weighted by molar-refractivity contribution is 0.101. The summed E-state index contributed by atoms with van der Waals surface area (Å²) < 4.78 is 0. The highest BCUT2D eigenvalue weighted by molar-refractivity contribution is 7.19. The van der Waals surface area contributed by atoms with Crippen LogP contribution in [-0.4, -0.2) is 10.8 Å². The van der Waals surface area contributed by atoms with E-state index in [0.29, 0.717) is 9.85 Å². The summed E-state index contributed by atoms with van der Waals surface area (Å²) in [6.07, 6.45) is 7.03. The highest BCUT2D eigenvalue weighted by atomic mass is 35.5. The number of rotatable bonds is 3. The Hall–Kier alpha value is -2.63. The average molecular weight is 425 g/mol. The molecule has 29 heavy (non-hydrogen) atoms. The minimum Gasteiger partial charge on any atom is -0.397 e. The maximum absolute atomic E-state index is 12.3. The van der Waals surface area contributed by atoms with E-state index in [1.54, 1.807) is 0 Å². The molecule has 0 atom stereocenters. The molecule has 0 saturated heterocycles. The van der Waals surface area contributed by atoms with Crippen molar-refractivity contribution in [3.05, 3.63) is 72.9 Å². The first-order valence-electron chi connectivity index (χ1n) is 9.32. The van der Waals surface area contributed by atoms with Crippen LogP contribution in [-0.2, 0) is 5.41 Å². The van der Waals surface area contributed by atoms with Crippen LogP contribution in [0, 0.1) is 0 Å². The van der Waals surface area contributed by atoms with E-state index in [1.807, 2.05) is 30.3 Å². The second-order valence-electron chi connectivity index (χ2n) is 7.98. The number of fused-ring (bicyclic) bond motifs is 3. The number of nitrogens with two attached hydrogens (primary N) is 1. The number of thiophene rings is 1. The van der Waals surface area contributed by atoms with Crippen molar-refractivity contribution >= 4 is 56.8 Å². The van der Waals surface area contributed by atoms with Crippen molar-refractivity contribution in [2.45, 2.75) is 32.6 Å². The molecule has 4 nitrogen and oxygen atoms in total. The number of benzene rings is 1. The molecule has 1 aromatic carbocycles. The number of hydrogen-bond donors (Lipinski definition) is 2. The van der Waals surface area contributed by atoms with E-state index in [4.69, 9.17) is 17.3 Å². The number of carbonyl (C=O) groups excluding carboxylic acids is 1. The molecule has 0 spiro atoms. The van der Waals surface area contributed by atoms with Crippen LogP contribution in [0.25, 0.3) is 22.4 Å². The standard InChI is InChI=1S/C23H21ClN2O2S/c1-12(27)17-19(25)18-15-10-13(8-9-14-6-4-5-7-16(14)24)11-23(2,3)20(15)29-22(18)26-21(17)28/h4-10H,11H2,1-3H3,(H3,25,26,28)/b9-8+. The topological polar surface area (TPSA) is 76.0 Å². The number of allylic oxidation sites excluding steroid dienone is 2. The number of ketones is 1. The van der Waals surface area contributed by atoms with Gasteiger partial charge in [0, 0.05) is 26.3 Å². The fourth-order valence-corrected chi connectivity index (χ4v) is 5.43. The predicted octanol–water partition coefficient (Wildman–Crippen LogP) is 5.81. The van der Waals surface area contributed by atoms with Crippen LogP contribution in [0.2, 0.25) is 5.02 Å². The summed E-state index contributed by atoms with van der Waals surface area (Å²) in [6.45, 7) is 5.72. The highest BCUT2D eigenvalue weighted by Crippen LogP contribution is 2.47. The zero-order valence-corrected chi connectivity index (χ0v) is 18.0. The van der Waals surface area contributed by atoms with Crippen molar-refractivity contribution in [1.82, 2.24) is 4.98 Å². The maximum atomic E-state index is 12.3. The third-order valence-corrected chi connectivity index (χ3v) is 7.09. The van der Waals surface area contributed by atoms with Crippen LogP contribution in [0.5, 0.6) is 0 Å². The summed E-state index contributed by atoms with van der Waals surface area (Å²) in [5, 5.41) is 1.46. The molecule has 6 heteroatoms. The molecule has 1 aliphatic carbocycles. The summed E-state index contributed by atoms with van der Waals surface area (Å²) >= 11 is 7.81. The smallest absolute Gasteiger partial charge is 0.262 e. The number of aromatic nitrogens is 1. The number of H-pyrrole nitrogens is 1. The number of hydrogen-bond acceptors (Lipinski definition) is 4. The number of nitrogen functional groups attached to an aromatic ring is 1. The summed E-state index contributed by atoms with van der Waals surface area (Å²) in [6, 6.07) is 7.70. The van der Waals surface area contributed by atoms with Gasteiger partial charge < -0.3 is 10.7 Å². The number of anilines is 1. The predicted molar refractivity (Wildman–Crippen MR) is 123 cm³/mol.